The van der Waals surface area contributed by atoms with Gasteiger partial charge in [-0.2, -0.15) is 0 Å². The maximum Gasteiger partial charge on any atom is 0.255 e. The lowest BCUT2D eigenvalue weighted by Crippen LogP contribution is -2.16. The molecule has 0 atom stereocenters. The smallest absolute Gasteiger partial charge is 0.255 e. The van der Waals surface area contributed by atoms with Crippen molar-refractivity contribution in [2.75, 3.05) is 7.11 Å². The van der Waals surface area contributed by atoms with Crippen LogP contribution in [0.15, 0.2) is 71.7 Å². The molecule has 0 unspecified atom stereocenters. The minimum Gasteiger partial charge on any atom is -0.497 e. The Bertz CT molecular complexity index is 894. The van der Waals surface area contributed by atoms with Crippen molar-refractivity contribution in [3.05, 3.63) is 77.2 Å². The third-order valence-electron chi connectivity index (χ3n) is 3.82. The van der Waals surface area contributed by atoms with Gasteiger partial charge in [0.1, 0.15) is 11.5 Å². The fraction of sp³-hybridized carbons (Fsp3) is 0.190. The van der Waals surface area contributed by atoms with Crippen molar-refractivity contribution in [2.24, 2.45) is 0 Å². The maximum atomic E-state index is 12.3. The quantitative estimate of drug-likeness (QED) is 0.698. The van der Waals surface area contributed by atoms with E-state index in [1.54, 1.807) is 17.7 Å². The molecule has 0 spiro atoms. The highest BCUT2D eigenvalue weighted by Gasteiger charge is 2.05. The summed E-state index contributed by atoms with van der Waals surface area (Å²) in [7, 11) is 1.64. The second-order valence-corrected chi connectivity index (χ2v) is 6.02. The lowest BCUT2D eigenvalue weighted by molar-refractivity contribution is 0.242. The van der Waals surface area contributed by atoms with Crippen LogP contribution in [0.2, 0.25) is 0 Å². The molecule has 0 aliphatic heterocycles. The van der Waals surface area contributed by atoms with Gasteiger partial charge in [-0.25, -0.2) is 0 Å². The molecule has 4 heteroatoms. The zero-order valence-corrected chi connectivity index (χ0v) is 14.6. The van der Waals surface area contributed by atoms with Crippen LogP contribution in [-0.4, -0.2) is 17.8 Å². The number of rotatable bonds is 5. The van der Waals surface area contributed by atoms with E-state index in [1.807, 2.05) is 74.6 Å². The summed E-state index contributed by atoms with van der Waals surface area (Å²) in [6.45, 7) is 3.97. The van der Waals surface area contributed by atoms with Gasteiger partial charge in [0.15, 0.2) is 0 Å². The molecule has 3 aromatic rings. The van der Waals surface area contributed by atoms with E-state index in [1.165, 1.54) is 0 Å². The van der Waals surface area contributed by atoms with Gasteiger partial charge in [0.2, 0.25) is 0 Å². The van der Waals surface area contributed by atoms with Crippen molar-refractivity contribution in [3.63, 3.8) is 0 Å². The van der Waals surface area contributed by atoms with E-state index in [9.17, 15) is 4.79 Å². The first-order valence-corrected chi connectivity index (χ1v) is 8.21. The Hall–Kier alpha value is -3.01. The highest BCUT2D eigenvalue weighted by molar-refractivity contribution is 5.63. The first-order valence-electron chi connectivity index (χ1n) is 8.21. The van der Waals surface area contributed by atoms with Gasteiger partial charge in [0.25, 0.3) is 5.56 Å². The number of ether oxygens (including phenoxy) is 2. The van der Waals surface area contributed by atoms with E-state index in [0.29, 0.717) is 0 Å². The first-order chi connectivity index (χ1) is 12.1. The number of pyridine rings is 1. The van der Waals surface area contributed by atoms with E-state index >= 15 is 0 Å². The van der Waals surface area contributed by atoms with Crippen LogP contribution in [0.4, 0.5) is 0 Å². The second-order valence-electron chi connectivity index (χ2n) is 6.02. The molecular formula is C21H21NO3. The van der Waals surface area contributed by atoms with Gasteiger partial charge in [-0.15, -0.1) is 0 Å². The van der Waals surface area contributed by atoms with Crippen molar-refractivity contribution in [1.82, 2.24) is 4.57 Å². The summed E-state index contributed by atoms with van der Waals surface area (Å²) in [5.74, 6) is 1.59. The number of hydrogen-bond acceptors (Lipinski definition) is 3. The largest absolute Gasteiger partial charge is 0.497 e. The molecule has 128 valence electrons. The van der Waals surface area contributed by atoms with Crippen LogP contribution in [0.3, 0.4) is 0 Å². The van der Waals surface area contributed by atoms with E-state index < -0.39 is 0 Å². The zero-order chi connectivity index (χ0) is 17.8. The van der Waals surface area contributed by atoms with Crippen LogP contribution >= 0.6 is 0 Å². The Morgan fingerprint density at radius 1 is 0.800 bits per heavy atom. The van der Waals surface area contributed by atoms with Crippen molar-refractivity contribution in [3.8, 4) is 28.3 Å². The average molecular weight is 335 g/mol. The molecule has 1 heterocycles. The van der Waals surface area contributed by atoms with Crippen LogP contribution in [0.1, 0.15) is 13.8 Å². The van der Waals surface area contributed by atoms with Crippen LogP contribution in [0, 0.1) is 0 Å². The van der Waals surface area contributed by atoms with Crippen molar-refractivity contribution in [2.45, 2.75) is 20.0 Å². The molecule has 0 aliphatic carbocycles. The molecule has 0 bridgehead atoms. The van der Waals surface area contributed by atoms with Gasteiger partial charge in [-0.05, 0) is 67.4 Å². The number of methoxy groups -OCH3 is 1. The molecular weight excluding hydrogens is 314 g/mol. The van der Waals surface area contributed by atoms with Gasteiger partial charge >= 0.3 is 0 Å². The monoisotopic (exact) mass is 335 g/mol. The van der Waals surface area contributed by atoms with Gasteiger partial charge in [0, 0.05) is 18.0 Å². The molecule has 0 saturated carbocycles. The van der Waals surface area contributed by atoms with E-state index in [-0.39, 0.29) is 11.7 Å². The van der Waals surface area contributed by atoms with Crippen molar-refractivity contribution < 1.29 is 9.47 Å². The topological polar surface area (TPSA) is 40.5 Å². The fourth-order valence-corrected chi connectivity index (χ4v) is 2.60. The molecule has 0 N–H and O–H groups in total. The lowest BCUT2D eigenvalue weighted by atomic mass is 10.1. The van der Waals surface area contributed by atoms with Crippen LogP contribution in [0.5, 0.6) is 11.5 Å². The lowest BCUT2D eigenvalue weighted by Gasteiger charge is -2.12. The Balaban J connectivity index is 1.95. The van der Waals surface area contributed by atoms with Gasteiger partial charge in [0.05, 0.1) is 13.2 Å². The van der Waals surface area contributed by atoms with Crippen LogP contribution in [0.25, 0.3) is 16.8 Å². The third-order valence-corrected chi connectivity index (χ3v) is 3.82. The highest BCUT2D eigenvalue weighted by atomic mass is 16.5. The Kier molecular flexibility index (Phi) is 4.89. The van der Waals surface area contributed by atoms with E-state index in [0.717, 1.165) is 28.3 Å². The molecule has 0 saturated heterocycles. The van der Waals surface area contributed by atoms with Gasteiger partial charge in [-0.1, -0.05) is 12.1 Å². The standard InChI is InChI=1S/C21H21NO3/c1-15(2)25-20-11-7-18(8-12-20)22-14-17(6-13-21(22)23)16-4-9-19(24-3)10-5-16/h4-15H,1-3H3. The number of nitrogens with zero attached hydrogens (tertiary/aromatic N) is 1. The Labute approximate surface area is 147 Å². The summed E-state index contributed by atoms with van der Waals surface area (Å²) in [5, 5.41) is 0. The molecule has 0 aliphatic rings. The highest BCUT2D eigenvalue weighted by Crippen LogP contribution is 2.23. The molecule has 1 aromatic heterocycles. The summed E-state index contributed by atoms with van der Waals surface area (Å²) in [5.41, 5.74) is 2.71. The minimum absolute atomic E-state index is 0.0743. The van der Waals surface area contributed by atoms with Crippen molar-refractivity contribution >= 4 is 0 Å². The molecule has 0 amide bonds. The molecule has 4 nitrogen and oxygen atoms in total. The van der Waals surface area contributed by atoms with Crippen LogP contribution < -0.4 is 15.0 Å². The first kappa shape index (κ1) is 16.8. The average Bonchev–Trinajstić information content (AvgIpc) is 2.63. The van der Waals surface area contributed by atoms with Gasteiger partial charge in [-0.3, -0.25) is 9.36 Å². The van der Waals surface area contributed by atoms with Gasteiger partial charge < -0.3 is 9.47 Å². The normalized spacial score (nSPS) is 10.7. The molecule has 0 fully saturated rings. The number of aromatic nitrogens is 1. The molecule has 2 aromatic carbocycles. The second kappa shape index (κ2) is 7.26. The maximum absolute atomic E-state index is 12.3. The number of benzene rings is 2. The predicted molar refractivity (Wildman–Crippen MR) is 99.8 cm³/mol. The Morgan fingerprint density at radius 2 is 1.40 bits per heavy atom. The molecule has 3 rings (SSSR count). The minimum atomic E-state index is -0.0743. The summed E-state index contributed by atoms with van der Waals surface area (Å²) in [6.07, 6.45) is 1.97. The summed E-state index contributed by atoms with van der Waals surface area (Å²) in [6, 6.07) is 18.7. The fourth-order valence-electron chi connectivity index (χ4n) is 2.60. The summed E-state index contributed by atoms with van der Waals surface area (Å²) < 4.78 is 12.5. The van der Waals surface area contributed by atoms with E-state index in [4.69, 9.17) is 9.47 Å². The SMILES string of the molecule is COc1ccc(-c2ccc(=O)n(-c3ccc(OC(C)C)cc3)c2)cc1. The Morgan fingerprint density at radius 3 is 2.00 bits per heavy atom. The number of hydrogen-bond donors (Lipinski definition) is 0. The zero-order valence-electron chi connectivity index (χ0n) is 14.6. The van der Waals surface area contributed by atoms with Crippen LogP contribution in [-0.2, 0) is 0 Å². The van der Waals surface area contributed by atoms with E-state index in [2.05, 4.69) is 0 Å². The third kappa shape index (κ3) is 3.91. The van der Waals surface area contributed by atoms with Crippen molar-refractivity contribution in [1.29, 1.82) is 0 Å². The summed E-state index contributed by atoms with van der Waals surface area (Å²) >= 11 is 0. The predicted octanol–water partition coefficient (Wildman–Crippen LogP) is 4.30. The molecule has 25 heavy (non-hydrogen) atoms. The summed E-state index contributed by atoms with van der Waals surface area (Å²) in [4.78, 5) is 12.3. The molecule has 0 radical (unpaired) electrons.